The first-order valence-corrected chi connectivity index (χ1v) is 6.48. The van der Waals surface area contributed by atoms with E-state index < -0.39 is 15.2 Å². The highest BCUT2D eigenvalue weighted by atomic mass is 35.5. The van der Waals surface area contributed by atoms with Gasteiger partial charge < -0.3 is 0 Å². The molecule has 0 aliphatic carbocycles. The summed E-state index contributed by atoms with van der Waals surface area (Å²) in [5, 5.41) is -1.04. The highest BCUT2D eigenvalue weighted by molar-refractivity contribution is 8.02. The van der Waals surface area contributed by atoms with Crippen molar-refractivity contribution in [2.45, 2.75) is 6.92 Å². The summed E-state index contributed by atoms with van der Waals surface area (Å²) in [5.41, 5.74) is 1.02. The van der Waals surface area contributed by atoms with E-state index in [1.165, 1.54) is 12.1 Å². The molecule has 0 amide bonds. The van der Waals surface area contributed by atoms with E-state index in [0.717, 1.165) is 5.56 Å². The summed E-state index contributed by atoms with van der Waals surface area (Å²) in [4.78, 5) is 11.5. The van der Waals surface area contributed by atoms with Gasteiger partial charge in [0, 0.05) is 11.4 Å². The molecule has 6 heteroatoms. The maximum atomic E-state index is 11.5. The van der Waals surface area contributed by atoms with Gasteiger partial charge in [0.15, 0.2) is 0 Å². The Labute approximate surface area is 99.3 Å². The minimum Gasteiger partial charge on any atom is -0.273 e. The molecule has 1 aromatic carbocycles. The lowest BCUT2D eigenvalue weighted by Gasteiger charge is -2.03. The Morgan fingerprint density at radius 1 is 1.31 bits per heavy atom. The van der Waals surface area contributed by atoms with E-state index in [0.29, 0.717) is 0 Å². The van der Waals surface area contributed by atoms with Crippen LogP contribution in [0.1, 0.15) is 15.9 Å². The topological polar surface area (TPSA) is 60.4 Å². The molecular weight excluding hydrogens is 252 g/mol. The van der Waals surface area contributed by atoms with E-state index in [-0.39, 0.29) is 18.1 Å². The monoisotopic (exact) mass is 262 g/mol. The fraction of sp³-hybridized carbons (Fsp3) is 0.300. The van der Waals surface area contributed by atoms with Crippen molar-refractivity contribution in [1.29, 1.82) is 0 Å². The summed E-state index contributed by atoms with van der Waals surface area (Å²) in [6.45, 7) is 1.63. The van der Waals surface area contributed by atoms with Crippen LogP contribution in [0.25, 0.3) is 0 Å². The van der Waals surface area contributed by atoms with Crippen molar-refractivity contribution in [3.8, 4) is 0 Å². The van der Waals surface area contributed by atoms with Gasteiger partial charge in [0.2, 0.25) is 0 Å². The smallest absolute Gasteiger partial charge is 0.273 e. The van der Waals surface area contributed by atoms with E-state index in [4.69, 9.17) is 11.6 Å². The molecule has 0 saturated carbocycles. The Morgan fingerprint density at radius 3 is 2.38 bits per heavy atom. The lowest BCUT2D eigenvalue weighted by atomic mass is 10.2. The van der Waals surface area contributed by atoms with Crippen LogP contribution in [0.3, 0.4) is 0 Å². The molecule has 0 bridgehead atoms. The summed E-state index contributed by atoms with van der Waals surface area (Å²) in [7, 11) is -4.21. The van der Waals surface area contributed by atoms with Crippen molar-refractivity contribution in [2.24, 2.45) is 0 Å². The average Bonchev–Trinajstić information content (AvgIpc) is 2.26. The zero-order chi connectivity index (χ0) is 12.2. The summed E-state index contributed by atoms with van der Waals surface area (Å²) in [6.07, 6.45) is 0. The Kier molecular flexibility index (Phi) is 4.46. The second kappa shape index (κ2) is 5.43. The summed E-state index contributed by atoms with van der Waals surface area (Å²) < 4.78 is 27.1. The quantitative estimate of drug-likeness (QED) is 0.612. The van der Waals surface area contributed by atoms with Gasteiger partial charge in [-0.05, 0) is 19.1 Å². The molecule has 0 aliphatic rings. The Morgan fingerprint density at radius 2 is 1.88 bits per heavy atom. The van der Waals surface area contributed by atoms with Crippen molar-refractivity contribution < 1.29 is 17.4 Å². The molecule has 0 heterocycles. The highest BCUT2D eigenvalue weighted by Crippen LogP contribution is 2.09. The first-order chi connectivity index (χ1) is 7.47. The van der Waals surface area contributed by atoms with Gasteiger partial charge in [-0.1, -0.05) is 17.7 Å². The Hall–Kier alpha value is -0.910. The number of halogens is 1. The van der Waals surface area contributed by atoms with Crippen molar-refractivity contribution >= 4 is 26.8 Å². The minimum atomic E-state index is -4.21. The molecule has 1 aromatic rings. The maximum Gasteiger partial charge on any atom is 0.336 e. The van der Waals surface area contributed by atoms with E-state index in [1.807, 2.05) is 6.92 Å². The van der Waals surface area contributed by atoms with Gasteiger partial charge in [0.25, 0.3) is 0 Å². The van der Waals surface area contributed by atoms with Gasteiger partial charge in [-0.3, -0.25) is 8.98 Å². The fourth-order valence-electron chi connectivity index (χ4n) is 1.03. The lowest BCUT2D eigenvalue weighted by molar-refractivity contribution is 0.105. The molecule has 1 rings (SSSR count). The minimum absolute atomic E-state index is 0.0143. The number of aryl methyl sites for hydroxylation is 1. The number of hydrogen-bond donors (Lipinski definition) is 0. The predicted molar refractivity (Wildman–Crippen MR) is 61.1 cm³/mol. The van der Waals surface area contributed by atoms with E-state index >= 15 is 0 Å². The standard InChI is InChI=1S/C10H11ClO4S/c1-8-2-4-9(5-3-8)10(12)16(13,14)15-7-6-11/h2-5H,6-7H2,1H3. The van der Waals surface area contributed by atoms with Crippen LogP contribution in [0, 0.1) is 6.92 Å². The Bertz CT molecular complexity index is 464. The van der Waals surface area contributed by atoms with Crippen LogP contribution in [0.4, 0.5) is 0 Å². The van der Waals surface area contributed by atoms with Gasteiger partial charge in [-0.15, -0.1) is 11.6 Å². The molecule has 0 unspecified atom stereocenters. The predicted octanol–water partition coefficient (Wildman–Crippen LogP) is 1.72. The van der Waals surface area contributed by atoms with Crippen LogP contribution < -0.4 is 0 Å². The van der Waals surface area contributed by atoms with Gasteiger partial charge in [-0.2, -0.15) is 8.42 Å². The van der Waals surface area contributed by atoms with Gasteiger partial charge in [0.1, 0.15) is 0 Å². The van der Waals surface area contributed by atoms with Crippen LogP contribution in [0.2, 0.25) is 0 Å². The van der Waals surface area contributed by atoms with E-state index in [9.17, 15) is 13.2 Å². The maximum absolute atomic E-state index is 11.5. The van der Waals surface area contributed by atoms with Crippen molar-refractivity contribution in [3.63, 3.8) is 0 Å². The second-order valence-corrected chi connectivity index (χ2v) is 5.01. The largest absolute Gasteiger partial charge is 0.336 e. The molecule has 0 spiro atoms. The zero-order valence-corrected chi connectivity index (χ0v) is 10.2. The third-order valence-corrected chi connectivity index (χ3v) is 3.15. The molecule has 0 aromatic heterocycles. The second-order valence-electron chi connectivity index (χ2n) is 3.12. The average molecular weight is 263 g/mol. The first kappa shape index (κ1) is 13.2. The third-order valence-electron chi connectivity index (χ3n) is 1.83. The summed E-state index contributed by atoms with van der Waals surface area (Å²) in [6, 6.07) is 6.20. The molecule has 88 valence electrons. The van der Waals surface area contributed by atoms with Gasteiger partial charge in [-0.25, -0.2) is 0 Å². The van der Waals surface area contributed by atoms with Crippen LogP contribution in [0.5, 0.6) is 0 Å². The highest BCUT2D eigenvalue weighted by Gasteiger charge is 2.24. The molecule has 4 nitrogen and oxygen atoms in total. The van der Waals surface area contributed by atoms with Crippen molar-refractivity contribution in [3.05, 3.63) is 35.4 Å². The van der Waals surface area contributed by atoms with Crippen LogP contribution >= 0.6 is 11.6 Å². The third kappa shape index (κ3) is 3.30. The van der Waals surface area contributed by atoms with Crippen molar-refractivity contribution in [2.75, 3.05) is 12.5 Å². The molecular formula is C10H11ClO4S. The van der Waals surface area contributed by atoms with E-state index in [1.54, 1.807) is 12.1 Å². The number of alkyl halides is 1. The number of carbonyl (C=O) groups is 1. The van der Waals surface area contributed by atoms with E-state index in [2.05, 4.69) is 4.18 Å². The van der Waals surface area contributed by atoms with Gasteiger partial charge >= 0.3 is 15.2 Å². The molecule has 16 heavy (non-hydrogen) atoms. The van der Waals surface area contributed by atoms with Crippen LogP contribution in [-0.2, 0) is 14.3 Å². The SMILES string of the molecule is Cc1ccc(C(=O)S(=O)(=O)OCCCl)cc1. The molecule has 0 N–H and O–H groups in total. The molecule has 0 radical (unpaired) electrons. The lowest BCUT2D eigenvalue weighted by Crippen LogP contribution is -2.19. The normalized spacial score (nSPS) is 11.4. The number of benzene rings is 1. The fourth-order valence-corrected chi connectivity index (χ4v) is 2.03. The number of carbonyl (C=O) groups excluding carboxylic acids is 1. The zero-order valence-electron chi connectivity index (χ0n) is 8.64. The molecule has 0 aliphatic heterocycles. The van der Waals surface area contributed by atoms with Gasteiger partial charge in [0.05, 0.1) is 6.61 Å². The number of hydrogen-bond acceptors (Lipinski definition) is 4. The molecule has 0 fully saturated rings. The first-order valence-electron chi connectivity index (χ1n) is 4.54. The molecule has 0 saturated heterocycles. The summed E-state index contributed by atoms with van der Waals surface area (Å²) in [5.74, 6) is 0.0143. The number of rotatable bonds is 4. The Balaban J connectivity index is 2.89. The van der Waals surface area contributed by atoms with Crippen molar-refractivity contribution in [1.82, 2.24) is 0 Å². The van der Waals surface area contributed by atoms with Crippen LogP contribution in [-0.4, -0.2) is 26.0 Å². The molecule has 0 atom stereocenters. The summed E-state index contributed by atoms with van der Waals surface area (Å²) >= 11 is 5.28. The van der Waals surface area contributed by atoms with Crippen LogP contribution in [0.15, 0.2) is 24.3 Å².